The van der Waals surface area contributed by atoms with E-state index in [-0.39, 0.29) is 25.1 Å². The molecular weight excluding hydrogens is 360 g/mol. The third-order valence-electron chi connectivity index (χ3n) is 3.40. The van der Waals surface area contributed by atoms with Gasteiger partial charge in [0, 0.05) is 24.0 Å². The molecular formula is C14H21ClN2O4S2. The minimum absolute atomic E-state index is 0.0521. The number of halogens is 1. The lowest BCUT2D eigenvalue weighted by molar-refractivity contribution is 0.113. The van der Waals surface area contributed by atoms with Crippen LogP contribution in [0.2, 0.25) is 0 Å². The van der Waals surface area contributed by atoms with Crippen molar-refractivity contribution in [2.75, 3.05) is 26.0 Å². The van der Waals surface area contributed by atoms with Crippen molar-refractivity contribution in [2.45, 2.75) is 19.4 Å². The fourth-order valence-electron chi connectivity index (χ4n) is 2.23. The summed E-state index contributed by atoms with van der Waals surface area (Å²) in [5.41, 5.74) is 0. The number of carbonyl (C=O) groups excluding carboxylic acids is 1. The number of thiocarbonyl (C=S) groups is 1. The van der Waals surface area contributed by atoms with Gasteiger partial charge in [-0.2, -0.15) is 0 Å². The lowest BCUT2D eigenvalue weighted by atomic mass is 10.0. The lowest BCUT2D eigenvalue weighted by Crippen LogP contribution is -2.37. The van der Waals surface area contributed by atoms with E-state index in [1.165, 1.54) is 11.0 Å². The van der Waals surface area contributed by atoms with Crippen LogP contribution < -0.4 is 4.72 Å². The molecule has 0 saturated carbocycles. The summed E-state index contributed by atoms with van der Waals surface area (Å²) in [4.78, 5) is 14.5. The maximum atomic E-state index is 12.1. The van der Waals surface area contributed by atoms with E-state index in [0.717, 1.165) is 11.1 Å². The van der Waals surface area contributed by atoms with Gasteiger partial charge >= 0.3 is 6.09 Å². The second-order valence-corrected chi connectivity index (χ2v) is 8.20. The van der Waals surface area contributed by atoms with Gasteiger partial charge in [-0.1, -0.05) is 42.5 Å². The van der Waals surface area contributed by atoms with Gasteiger partial charge in [-0.25, -0.2) is 17.9 Å². The minimum atomic E-state index is -3.30. The van der Waals surface area contributed by atoms with Crippen molar-refractivity contribution in [3.8, 4) is 0 Å². The van der Waals surface area contributed by atoms with Gasteiger partial charge in [-0.15, -0.1) is 0 Å². The number of ether oxygens (including phenoxy) is 1. The van der Waals surface area contributed by atoms with Gasteiger partial charge in [-0.3, -0.25) is 4.90 Å². The molecule has 1 heterocycles. The Kier molecular flexibility index (Phi) is 7.66. The number of hydrogen-bond donors (Lipinski definition) is 1. The summed E-state index contributed by atoms with van der Waals surface area (Å²) in [5, 5.41) is 0.385. The van der Waals surface area contributed by atoms with Gasteiger partial charge in [0.15, 0.2) is 0 Å². The smallest absolute Gasteiger partial charge is 0.410 e. The minimum Gasteiger partial charge on any atom is -0.445 e. The highest BCUT2D eigenvalue weighted by atomic mass is 35.5. The molecule has 9 heteroatoms. The Morgan fingerprint density at radius 3 is 2.74 bits per heavy atom. The van der Waals surface area contributed by atoms with Gasteiger partial charge in [0.25, 0.3) is 0 Å². The van der Waals surface area contributed by atoms with Crippen LogP contribution in [0.5, 0.6) is 0 Å². The number of carbonyl (C=O) groups is 1. The Balaban J connectivity index is 2.84. The van der Waals surface area contributed by atoms with E-state index in [2.05, 4.69) is 11.3 Å². The maximum absolute atomic E-state index is 12.1. The molecule has 0 aromatic rings. The Labute approximate surface area is 147 Å². The summed E-state index contributed by atoms with van der Waals surface area (Å²) in [6, 6.07) is -0.377. The van der Waals surface area contributed by atoms with E-state index < -0.39 is 16.1 Å². The molecule has 1 saturated heterocycles. The Morgan fingerprint density at radius 2 is 2.22 bits per heavy atom. The molecule has 6 nitrogen and oxygen atoms in total. The molecule has 0 aromatic heterocycles. The number of sulfonamides is 1. The second-order valence-electron chi connectivity index (χ2n) is 5.29. The number of nitrogens with one attached hydrogen (secondary N) is 1. The van der Waals surface area contributed by atoms with Crippen LogP contribution >= 0.6 is 23.8 Å². The molecule has 23 heavy (non-hydrogen) atoms. The van der Waals surface area contributed by atoms with E-state index in [0.29, 0.717) is 18.0 Å². The normalized spacial score (nSPS) is 22.0. The highest BCUT2D eigenvalue weighted by Crippen LogP contribution is 2.31. The maximum Gasteiger partial charge on any atom is 0.410 e. The zero-order chi connectivity index (χ0) is 17.6. The highest BCUT2D eigenvalue weighted by molar-refractivity contribution is 7.88. The second kappa shape index (κ2) is 8.77. The number of nitrogens with zero attached hydrogens (tertiary/aromatic N) is 1. The fourth-order valence-corrected chi connectivity index (χ4v) is 3.07. The molecule has 1 N–H and O–H groups in total. The Hall–Kier alpha value is -0.960. The van der Waals surface area contributed by atoms with Crippen molar-refractivity contribution in [3.05, 3.63) is 23.8 Å². The topological polar surface area (TPSA) is 75.7 Å². The van der Waals surface area contributed by atoms with Gasteiger partial charge in [0.2, 0.25) is 10.0 Å². The molecule has 1 amide bonds. The van der Waals surface area contributed by atoms with Gasteiger partial charge in [0.05, 0.1) is 12.3 Å². The van der Waals surface area contributed by atoms with E-state index in [9.17, 15) is 13.2 Å². The van der Waals surface area contributed by atoms with Gasteiger partial charge in [-0.05, 0) is 18.2 Å². The number of likely N-dealkylation sites (tertiary alicyclic amines) is 1. The average Bonchev–Trinajstić information content (AvgIpc) is 2.88. The van der Waals surface area contributed by atoms with Crippen LogP contribution in [-0.4, -0.2) is 56.3 Å². The first-order valence-electron chi connectivity index (χ1n) is 7.00. The largest absolute Gasteiger partial charge is 0.445 e. The first-order valence-corrected chi connectivity index (χ1v) is 9.68. The van der Waals surface area contributed by atoms with Crippen LogP contribution in [0, 0.1) is 5.92 Å². The zero-order valence-corrected chi connectivity index (χ0v) is 15.5. The van der Waals surface area contributed by atoms with Crippen LogP contribution in [0.15, 0.2) is 23.8 Å². The van der Waals surface area contributed by atoms with Gasteiger partial charge in [0.1, 0.15) is 6.61 Å². The predicted molar refractivity (Wildman–Crippen MR) is 95.2 cm³/mol. The monoisotopic (exact) mass is 380 g/mol. The first-order chi connectivity index (χ1) is 10.7. The van der Waals surface area contributed by atoms with Crippen molar-refractivity contribution in [1.82, 2.24) is 9.62 Å². The average molecular weight is 381 g/mol. The Morgan fingerprint density at radius 1 is 1.57 bits per heavy atom. The molecule has 1 rings (SSSR count). The molecule has 0 unspecified atom stereocenters. The molecule has 0 aliphatic carbocycles. The van der Waals surface area contributed by atoms with Crippen LogP contribution in [0.3, 0.4) is 0 Å². The van der Waals surface area contributed by atoms with Crippen LogP contribution in [-0.2, 0) is 14.8 Å². The van der Waals surface area contributed by atoms with Crippen molar-refractivity contribution < 1.29 is 17.9 Å². The molecule has 130 valence electrons. The third kappa shape index (κ3) is 6.58. The number of amides is 1. The van der Waals surface area contributed by atoms with Gasteiger partial charge < -0.3 is 4.74 Å². The van der Waals surface area contributed by atoms with Crippen molar-refractivity contribution >= 4 is 44.8 Å². The fraction of sp³-hybridized carbons (Fsp3) is 0.571. The quantitative estimate of drug-likeness (QED) is 0.540. The molecule has 0 aromatic carbocycles. The number of rotatable bonds is 7. The standard InChI is InChI=1S/C14H21ClN2O4S2/c1-4-7-21-14(18)17-9-11(10(2)22)8-13(17)12(15)5-6-16-23(3,19)20/h4-5,11,13,16H,1,6-9H2,2-3H3/t11-,13-/m0/s1. The molecule has 1 fully saturated rings. The molecule has 0 radical (unpaired) electrons. The lowest BCUT2D eigenvalue weighted by Gasteiger charge is -2.23. The molecule has 1 aliphatic heterocycles. The zero-order valence-electron chi connectivity index (χ0n) is 13.1. The third-order valence-corrected chi connectivity index (χ3v) is 4.83. The molecule has 2 atom stereocenters. The van der Waals surface area contributed by atoms with E-state index in [1.54, 1.807) is 6.08 Å². The molecule has 0 bridgehead atoms. The summed E-state index contributed by atoms with van der Waals surface area (Å²) in [6.45, 7) is 5.93. The molecule has 0 spiro atoms. The van der Waals surface area contributed by atoms with Crippen molar-refractivity contribution in [2.24, 2.45) is 5.92 Å². The van der Waals surface area contributed by atoms with Crippen LogP contribution in [0.1, 0.15) is 13.3 Å². The van der Waals surface area contributed by atoms with Crippen LogP contribution in [0.4, 0.5) is 4.79 Å². The predicted octanol–water partition coefficient (Wildman–Crippen LogP) is 2.06. The van der Waals surface area contributed by atoms with E-state index in [1.807, 2.05) is 6.92 Å². The van der Waals surface area contributed by atoms with Crippen molar-refractivity contribution in [3.63, 3.8) is 0 Å². The summed E-state index contributed by atoms with van der Waals surface area (Å²) in [5.74, 6) is 0.0521. The molecule has 1 aliphatic rings. The van der Waals surface area contributed by atoms with Crippen molar-refractivity contribution in [1.29, 1.82) is 0 Å². The SMILES string of the molecule is C=CCOC(=O)N1C[C@@H](C(C)=S)C[C@H]1C(Cl)=CCNS(C)(=O)=O. The summed E-state index contributed by atoms with van der Waals surface area (Å²) < 4.78 is 29.5. The summed E-state index contributed by atoms with van der Waals surface area (Å²) in [7, 11) is -3.30. The summed E-state index contributed by atoms with van der Waals surface area (Å²) >= 11 is 11.5. The summed E-state index contributed by atoms with van der Waals surface area (Å²) in [6.07, 6.45) is 4.19. The first kappa shape index (κ1) is 20.1. The highest BCUT2D eigenvalue weighted by Gasteiger charge is 2.38. The Bertz CT molecular complexity index is 604. The van der Waals surface area contributed by atoms with Crippen LogP contribution in [0.25, 0.3) is 0 Å². The van der Waals surface area contributed by atoms with E-state index in [4.69, 9.17) is 28.6 Å². The van der Waals surface area contributed by atoms with E-state index >= 15 is 0 Å². The number of hydrogen-bond acceptors (Lipinski definition) is 5.